The molecule has 0 spiro atoms. The Morgan fingerprint density at radius 1 is 1.05 bits per heavy atom. The zero-order chi connectivity index (χ0) is 29.1. The molecule has 2 aromatic carbocycles. The van der Waals surface area contributed by atoms with E-state index in [4.69, 9.17) is 11.6 Å². The standard InChI is InChI=1S/C25H21ClF3N9O3/c1-35-12-30-21(34-35)10-38-23(39)32-22(37(24(38)40)9-13-4-17(28)18(29)7-16(13)27)31-20-5-14-8-36(11-25(41)2-3-25)33-19(14)6-15(20)26/h4-8,12,41H,2-3,9-11H2,1H3,(H,31,32,39). The fourth-order valence-electron chi connectivity index (χ4n) is 4.35. The van der Waals surface area contributed by atoms with Crippen LogP contribution in [0, 0.1) is 17.5 Å². The fraction of sp³-hybridized carbons (Fsp3) is 0.280. The molecule has 6 rings (SSSR count). The van der Waals surface area contributed by atoms with E-state index in [0.29, 0.717) is 42.4 Å². The maximum Gasteiger partial charge on any atom is 0.335 e. The predicted molar refractivity (Wildman–Crippen MR) is 139 cm³/mol. The molecule has 1 saturated carbocycles. The number of fused-ring (bicyclic) bond motifs is 1. The smallest absolute Gasteiger partial charge is 0.335 e. The Morgan fingerprint density at radius 3 is 2.51 bits per heavy atom. The average molecular weight is 588 g/mol. The molecular formula is C25H21ClF3N9O3. The van der Waals surface area contributed by atoms with Gasteiger partial charge < -0.3 is 5.11 Å². The summed E-state index contributed by atoms with van der Waals surface area (Å²) in [6.45, 7) is -0.625. The molecule has 0 saturated heterocycles. The lowest BCUT2D eigenvalue weighted by atomic mass is 10.2. The van der Waals surface area contributed by atoms with Crippen molar-refractivity contribution in [3.63, 3.8) is 0 Å². The largest absolute Gasteiger partial charge is 0.388 e. The molecule has 0 unspecified atom stereocenters. The van der Waals surface area contributed by atoms with Gasteiger partial charge in [-0.05, 0) is 31.0 Å². The lowest BCUT2D eigenvalue weighted by molar-refractivity contribution is 0.125. The van der Waals surface area contributed by atoms with Crippen LogP contribution < -0.4 is 17.0 Å². The van der Waals surface area contributed by atoms with Crippen molar-refractivity contribution in [2.24, 2.45) is 12.0 Å². The summed E-state index contributed by atoms with van der Waals surface area (Å²) in [5.74, 6) is -3.66. The number of nitrogens with one attached hydrogen (secondary N) is 1. The number of benzene rings is 2. The molecule has 41 heavy (non-hydrogen) atoms. The van der Waals surface area contributed by atoms with Crippen molar-refractivity contribution in [1.29, 1.82) is 0 Å². The second-order valence-electron chi connectivity index (χ2n) is 9.93. The first kappa shape index (κ1) is 26.7. The van der Waals surface area contributed by atoms with Crippen LogP contribution in [0.1, 0.15) is 24.2 Å². The number of nitrogens with zero attached hydrogens (tertiary/aromatic N) is 8. The summed E-state index contributed by atoms with van der Waals surface area (Å²) in [6, 6.07) is 4.10. The van der Waals surface area contributed by atoms with E-state index >= 15 is 0 Å². The van der Waals surface area contributed by atoms with Crippen molar-refractivity contribution in [3.05, 3.63) is 97.2 Å². The van der Waals surface area contributed by atoms with Gasteiger partial charge >= 0.3 is 11.4 Å². The molecule has 5 aromatic rings. The van der Waals surface area contributed by atoms with Gasteiger partial charge in [0.1, 0.15) is 12.1 Å². The maximum absolute atomic E-state index is 14.6. The molecule has 0 amide bonds. The van der Waals surface area contributed by atoms with Crippen molar-refractivity contribution in [2.75, 3.05) is 0 Å². The summed E-state index contributed by atoms with van der Waals surface area (Å²) in [6.07, 6.45) is 4.44. The number of H-pyrrole nitrogens is 1. The summed E-state index contributed by atoms with van der Waals surface area (Å²) in [7, 11) is 1.61. The van der Waals surface area contributed by atoms with E-state index in [-0.39, 0.29) is 34.3 Å². The number of hydrogen-bond donors (Lipinski definition) is 2. The van der Waals surface area contributed by atoms with E-state index in [1.165, 1.54) is 17.1 Å². The molecule has 0 atom stereocenters. The molecular weight excluding hydrogens is 567 g/mol. The molecule has 2 N–H and O–H groups in total. The van der Waals surface area contributed by atoms with Crippen molar-refractivity contribution in [2.45, 2.75) is 38.1 Å². The lowest BCUT2D eigenvalue weighted by Crippen LogP contribution is -2.50. The zero-order valence-electron chi connectivity index (χ0n) is 21.4. The van der Waals surface area contributed by atoms with Crippen LogP contribution in [0.4, 0.5) is 18.9 Å². The van der Waals surface area contributed by atoms with Gasteiger partial charge in [-0.15, -0.1) is 0 Å². The van der Waals surface area contributed by atoms with Crippen LogP contribution in [0.3, 0.4) is 0 Å². The second-order valence-corrected chi connectivity index (χ2v) is 10.3. The minimum Gasteiger partial charge on any atom is -0.388 e. The van der Waals surface area contributed by atoms with Gasteiger partial charge in [-0.1, -0.05) is 11.6 Å². The van der Waals surface area contributed by atoms with Crippen LogP contribution in [0.2, 0.25) is 5.02 Å². The van der Waals surface area contributed by atoms with Crippen molar-refractivity contribution in [1.82, 2.24) is 38.7 Å². The molecule has 0 bridgehead atoms. The molecule has 3 aromatic heterocycles. The molecule has 16 heteroatoms. The van der Waals surface area contributed by atoms with Gasteiger partial charge in [0.15, 0.2) is 17.5 Å². The minimum absolute atomic E-state index is 0.126. The lowest BCUT2D eigenvalue weighted by Gasteiger charge is -2.11. The maximum atomic E-state index is 14.6. The SMILES string of the molecule is Cn1cnc(Cn2c(=O)[nH]/c(=N\c3cc4cn(CC5(O)CC5)nc4cc3Cl)n(Cc3cc(F)c(F)cc3F)c2=O)n1. The third kappa shape index (κ3) is 5.32. The van der Waals surface area contributed by atoms with Crippen molar-refractivity contribution in [3.8, 4) is 0 Å². The van der Waals surface area contributed by atoms with Gasteiger partial charge in [0.2, 0.25) is 5.62 Å². The van der Waals surface area contributed by atoms with Gasteiger partial charge in [-0.3, -0.25) is 18.9 Å². The highest BCUT2D eigenvalue weighted by Gasteiger charge is 2.40. The highest BCUT2D eigenvalue weighted by Crippen LogP contribution is 2.37. The van der Waals surface area contributed by atoms with Gasteiger partial charge in [0.25, 0.3) is 0 Å². The Balaban J connectivity index is 1.50. The third-order valence-electron chi connectivity index (χ3n) is 6.68. The number of aromatic nitrogens is 8. The van der Waals surface area contributed by atoms with Gasteiger partial charge in [0, 0.05) is 30.3 Å². The number of aliphatic hydroxyl groups is 1. The summed E-state index contributed by atoms with van der Waals surface area (Å²) in [4.78, 5) is 37.4. The summed E-state index contributed by atoms with van der Waals surface area (Å²) < 4.78 is 46.8. The van der Waals surface area contributed by atoms with Crippen molar-refractivity contribution < 1.29 is 18.3 Å². The fourth-order valence-corrected chi connectivity index (χ4v) is 4.55. The van der Waals surface area contributed by atoms with Crippen LogP contribution in [0.25, 0.3) is 10.9 Å². The Bertz CT molecular complexity index is 2020. The minimum atomic E-state index is -1.39. The van der Waals surface area contributed by atoms with E-state index in [2.05, 4.69) is 25.2 Å². The molecule has 0 radical (unpaired) electrons. The molecule has 1 fully saturated rings. The Hall–Kier alpha value is -4.50. The first-order valence-electron chi connectivity index (χ1n) is 12.3. The Labute approximate surface area is 232 Å². The van der Waals surface area contributed by atoms with Gasteiger partial charge in [-0.25, -0.2) is 37.3 Å². The quantitative estimate of drug-likeness (QED) is 0.278. The zero-order valence-corrected chi connectivity index (χ0v) is 22.1. The Kier molecular flexibility index (Phi) is 6.42. The van der Waals surface area contributed by atoms with Crippen LogP contribution in [0.5, 0.6) is 0 Å². The molecule has 1 aliphatic carbocycles. The van der Waals surface area contributed by atoms with Crippen LogP contribution in [-0.2, 0) is 26.7 Å². The van der Waals surface area contributed by atoms with E-state index < -0.39 is 41.0 Å². The number of aryl methyl sites for hydroxylation is 1. The Morgan fingerprint density at radius 2 is 1.80 bits per heavy atom. The molecule has 3 heterocycles. The highest BCUT2D eigenvalue weighted by molar-refractivity contribution is 6.33. The predicted octanol–water partition coefficient (Wildman–Crippen LogP) is 1.74. The van der Waals surface area contributed by atoms with Crippen LogP contribution in [0.15, 0.2) is 51.4 Å². The van der Waals surface area contributed by atoms with Gasteiger partial charge in [-0.2, -0.15) is 10.2 Å². The summed E-state index contributed by atoms with van der Waals surface area (Å²) >= 11 is 6.46. The first-order valence-corrected chi connectivity index (χ1v) is 12.7. The van der Waals surface area contributed by atoms with Crippen LogP contribution >= 0.6 is 11.6 Å². The van der Waals surface area contributed by atoms with E-state index in [1.54, 1.807) is 24.0 Å². The third-order valence-corrected chi connectivity index (χ3v) is 6.98. The monoisotopic (exact) mass is 587 g/mol. The summed E-state index contributed by atoms with van der Waals surface area (Å²) in [5.41, 5.74) is -2.61. The normalized spacial score (nSPS) is 14.7. The number of aromatic amines is 1. The second kappa shape index (κ2) is 9.85. The molecule has 212 valence electrons. The summed E-state index contributed by atoms with van der Waals surface area (Å²) in [5, 5.41) is 19.5. The highest BCUT2D eigenvalue weighted by atomic mass is 35.5. The first-order chi connectivity index (χ1) is 19.5. The number of hydrogen-bond acceptors (Lipinski definition) is 7. The van der Waals surface area contributed by atoms with E-state index in [0.717, 1.165) is 9.13 Å². The molecule has 1 aliphatic rings. The average Bonchev–Trinajstić information content (AvgIpc) is 3.28. The van der Waals surface area contributed by atoms with Crippen LogP contribution in [-0.4, -0.2) is 49.4 Å². The van der Waals surface area contributed by atoms with E-state index in [9.17, 15) is 27.9 Å². The molecule has 0 aliphatic heterocycles. The van der Waals surface area contributed by atoms with Gasteiger partial charge in [0.05, 0.1) is 41.5 Å². The number of halogens is 4. The van der Waals surface area contributed by atoms with Crippen molar-refractivity contribution >= 4 is 28.2 Å². The number of rotatable bonds is 7. The topological polar surface area (TPSA) is 141 Å². The van der Waals surface area contributed by atoms with E-state index in [1.807, 2.05) is 0 Å². The molecule has 12 nitrogen and oxygen atoms in total.